The highest BCUT2D eigenvalue weighted by Crippen LogP contribution is 2.37. The normalized spacial score (nSPS) is 17.9. The zero-order chi connectivity index (χ0) is 14.9. The number of Topliss-reactive ketones (excluding diaryl/α,β-unsaturated/α-hetero) is 1. The third-order valence-electron chi connectivity index (χ3n) is 3.20. The van der Waals surface area contributed by atoms with Gasteiger partial charge >= 0.3 is 0 Å². The Morgan fingerprint density at radius 1 is 1.40 bits per heavy atom. The second kappa shape index (κ2) is 5.26. The van der Waals surface area contributed by atoms with Gasteiger partial charge in [0.25, 0.3) is 0 Å². The Hall–Kier alpha value is -1.86. The lowest BCUT2D eigenvalue weighted by Gasteiger charge is -2.30. The first-order valence-corrected chi connectivity index (χ1v) is 6.59. The molecule has 3 nitrogen and oxygen atoms in total. The summed E-state index contributed by atoms with van der Waals surface area (Å²) in [7, 11) is 0. The molecule has 1 aliphatic rings. The Balaban J connectivity index is 2.36. The van der Waals surface area contributed by atoms with E-state index in [9.17, 15) is 9.18 Å². The topological polar surface area (TPSA) is 52.9 Å². The molecule has 1 aromatic rings. The second-order valence-corrected chi connectivity index (χ2v) is 6.07. The van der Waals surface area contributed by atoms with Crippen molar-refractivity contribution in [2.75, 3.05) is 5.32 Å². The van der Waals surface area contributed by atoms with Gasteiger partial charge in [0.1, 0.15) is 17.5 Å². The number of halogens is 2. The van der Waals surface area contributed by atoms with Crippen molar-refractivity contribution in [2.24, 2.45) is 5.41 Å². The number of rotatable bonds is 2. The maximum atomic E-state index is 13.1. The summed E-state index contributed by atoms with van der Waals surface area (Å²) in [5.74, 6) is -0.675. The number of nitriles is 1. The maximum absolute atomic E-state index is 13.1. The molecule has 0 unspecified atom stereocenters. The van der Waals surface area contributed by atoms with Gasteiger partial charge in [0.2, 0.25) is 0 Å². The minimum atomic E-state index is -0.508. The summed E-state index contributed by atoms with van der Waals surface area (Å²) >= 11 is 5.72. The van der Waals surface area contributed by atoms with Gasteiger partial charge in [0.15, 0.2) is 5.78 Å². The average Bonchev–Trinajstić information content (AvgIpc) is 2.32. The van der Waals surface area contributed by atoms with Crippen molar-refractivity contribution in [1.82, 2.24) is 0 Å². The molecule has 0 fully saturated rings. The molecule has 0 heterocycles. The van der Waals surface area contributed by atoms with Crippen LogP contribution in [0.15, 0.2) is 29.5 Å². The number of nitrogens with zero attached hydrogens (tertiary/aromatic N) is 1. The lowest BCUT2D eigenvalue weighted by atomic mass is 9.76. The van der Waals surface area contributed by atoms with Crippen LogP contribution >= 0.6 is 11.6 Å². The molecule has 0 radical (unpaired) electrons. The summed E-state index contributed by atoms with van der Waals surface area (Å²) in [6.07, 6.45) is 0.932. The van der Waals surface area contributed by atoms with E-state index in [-0.39, 0.29) is 21.8 Å². The van der Waals surface area contributed by atoms with E-state index < -0.39 is 5.82 Å². The molecule has 0 atom stereocenters. The van der Waals surface area contributed by atoms with Crippen LogP contribution in [0.3, 0.4) is 0 Å². The number of hydrogen-bond acceptors (Lipinski definition) is 3. The smallest absolute Gasteiger partial charge is 0.175 e. The Morgan fingerprint density at radius 2 is 2.10 bits per heavy atom. The molecule has 0 spiro atoms. The summed E-state index contributed by atoms with van der Waals surface area (Å²) in [4.78, 5) is 12.0. The molecule has 1 aromatic carbocycles. The van der Waals surface area contributed by atoms with Crippen molar-refractivity contribution in [3.8, 4) is 6.07 Å². The van der Waals surface area contributed by atoms with Crippen LogP contribution in [-0.4, -0.2) is 5.78 Å². The first kappa shape index (κ1) is 14.5. The zero-order valence-electron chi connectivity index (χ0n) is 11.3. The third kappa shape index (κ3) is 3.00. The third-order valence-corrected chi connectivity index (χ3v) is 3.49. The van der Waals surface area contributed by atoms with E-state index in [0.717, 1.165) is 0 Å². The van der Waals surface area contributed by atoms with Gasteiger partial charge in [0, 0.05) is 17.8 Å². The van der Waals surface area contributed by atoms with Crippen LogP contribution in [0.4, 0.5) is 10.1 Å². The summed E-state index contributed by atoms with van der Waals surface area (Å²) < 4.78 is 13.1. The highest BCUT2D eigenvalue weighted by molar-refractivity contribution is 6.31. The molecule has 0 saturated heterocycles. The van der Waals surface area contributed by atoms with Crippen molar-refractivity contribution in [3.63, 3.8) is 0 Å². The van der Waals surface area contributed by atoms with E-state index in [1.54, 1.807) is 0 Å². The molecule has 0 amide bonds. The molecular weight excluding hydrogens is 279 g/mol. The van der Waals surface area contributed by atoms with Crippen LogP contribution < -0.4 is 5.32 Å². The Kier molecular flexibility index (Phi) is 3.82. The first-order valence-electron chi connectivity index (χ1n) is 6.21. The maximum Gasteiger partial charge on any atom is 0.175 e. The predicted octanol–water partition coefficient (Wildman–Crippen LogP) is 4.06. The largest absolute Gasteiger partial charge is 0.358 e. The van der Waals surface area contributed by atoms with E-state index in [0.29, 0.717) is 24.2 Å². The fraction of sp³-hybridized carbons (Fsp3) is 0.333. The molecule has 0 aromatic heterocycles. The number of ketones is 1. The Morgan fingerprint density at radius 3 is 2.70 bits per heavy atom. The van der Waals surface area contributed by atoms with Gasteiger partial charge in [-0.3, -0.25) is 4.79 Å². The summed E-state index contributed by atoms with van der Waals surface area (Å²) in [6.45, 7) is 3.94. The van der Waals surface area contributed by atoms with E-state index in [4.69, 9.17) is 16.9 Å². The highest BCUT2D eigenvalue weighted by Gasteiger charge is 2.33. The van der Waals surface area contributed by atoms with Crippen LogP contribution in [0, 0.1) is 22.6 Å². The number of nitrogens with one attached hydrogen (secondary N) is 1. The SMILES string of the molecule is CC1(C)CC(=O)C(C#N)=C(Nc2ccc(F)c(Cl)c2)C1. The number of allylic oxidation sites excluding steroid dienone is 2. The van der Waals surface area contributed by atoms with Crippen molar-refractivity contribution in [2.45, 2.75) is 26.7 Å². The fourth-order valence-electron chi connectivity index (χ4n) is 2.31. The number of anilines is 1. The van der Waals surface area contributed by atoms with Crippen molar-refractivity contribution >= 4 is 23.1 Å². The van der Waals surface area contributed by atoms with Crippen molar-refractivity contribution < 1.29 is 9.18 Å². The summed E-state index contributed by atoms with van der Waals surface area (Å²) in [6, 6.07) is 6.15. The van der Waals surface area contributed by atoms with Gasteiger partial charge < -0.3 is 5.32 Å². The molecule has 0 bridgehead atoms. The van der Waals surface area contributed by atoms with Gasteiger partial charge in [-0.05, 0) is 30.0 Å². The van der Waals surface area contributed by atoms with Gasteiger partial charge in [-0.25, -0.2) is 4.39 Å². The predicted molar refractivity (Wildman–Crippen MR) is 75.7 cm³/mol. The number of carbonyl (C=O) groups excluding carboxylic acids is 1. The standard InChI is InChI=1S/C15H14ClFN2O/c1-15(2)6-13(10(8-18)14(20)7-15)19-9-3-4-12(17)11(16)5-9/h3-5,19H,6-7H2,1-2H3. The van der Waals surface area contributed by atoms with Gasteiger partial charge in [-0.15, -0.1) is 0 Å². The van der Waals surface area contributed by atoms with Crippen molar-refractivity contribution in [1.29, 1.82) is 5.26 Å². The Bertz CT molecular complexity index is 644. The molecule has 104 valence electrons. The summed E-state index contributed by atoms with van der Waals surface area (Å²) in [5, 5.41) is 12.1. The number of hydrogen-bond donors (Lipinski definition) is 1. The molecule has 2 rings (SSSR count). The molecule has 0 aliphatic heterocycles. The van der Waals surface area contributed by atoms with Crippen LogP contribution in [-0.2, 0) is 4.79 Å². The molecule has 0 saturated carbocycles. The average molecular weight is 293 g/mol. The van der Waals surface area contributed by atoms with Gasteiger partial charge in [0.05, 0.1) is 5.02 Å². The van der Waals surface area contributed by atoms with Crippen LogP contribution in [0.25, 0.3) is 0 Å². The lowest BCUT2D eigenvalue weighted by molar-refractivity contribution is -0.117. The van der Waals surface area contributed by atoms with E-state index in [2.05, 4.69) is 5.32 Å². The van der Waals surface area contributed by atoms with Gasteiger partial charge in [-0.1, -0.05) is 25.4 Å². The lowest BCUT2D eigenvalue weighted by Crippen LogP contribution is -2.28. The number of benzene rings is 1. The quantitative estimate of drug-likeness (QED) is 0.894. The van der Waals surface area contributed by atoms with E-state index in [1.807, 2.05) is 19.9 Å². The summed E-state index contributed by atoms with van der Waals surface area (Å²) in [5.41, 5.74) is 1.06. The molecule has 1 N–H and O–H groups in total. The second-order valence-electron chi connectivity index (χ2n) is 5.66. The monoisotopic (exact) mass is 292 g/mol. The zero-order valence-corrected chi connectivity index (χ0v) is 12.0. The highest BCUT2D eigenvalue weighted by atomic mass is 35.5. The van der Waals surface area contributed by atoms with Crippen molar-refractivity contribution in [3.05, 3.63) is 40.3 Å². The van der Waals surface area contributed by atoms with E-state index >= 15 is 0 Å². The first-order chi connectivity index (χ1) is 9.32. The number of carbonyl (C=O) groups is 1. The fourth-order valence-corrected chi connectivity index (χ4v) is 2.49. The van der Waals surface area contributed by atoms with Crippen LogP contribution in [0.5, 0.6) is 0 Å². The molecule has 20 heavy (non-hydrogen) atoms. The van der Waals surface area contributed by atoms with Crippen LogP contribution in [0.2, 0.25) is 5.02 Å². The van der Waals surface area contributed by atoms with E-state index in [1.165, 1.54) is 18.2 Å². The molecule has 5 heteroatoms. The molecule has 1 aliphatic carbocycles. The van der Waals surface area contributed by atoms with Gasteiger partial charge in [-0.2, -0.15) is 5.26 Å². The van der Waals surface area contributed by atoms with Crippen LogP contribution in [0.1, 0.15) is 26.7 Å². The molecular formula is C15H14ClFN2O. The Labute approximate surface area is 122 Å². The minimum Gasteiger partial charge on any atom is -0.358 e. The minimum absolute atomic E-state index is 0.00416.